The average molecular weight is 370 g/mol. The van der Waals surface area contributed by atoms with Crippen LogP contribution in [0.2, 0.25) is 0 Å². The van der Waals surface area contributed by atoms with E-state index >= 15 is 0 Å². The third-order valence-corrected chi connectivity index (χ3v) is 3.86. The van der Waals surface area contributed by atoms with Crippen LogP contribution in [0.5, 0.6) is 5.75 Å². The molecule has 0 radical (unpaired) electrons. The molecule has 7 nitrogen and oxygen atoms in total. The first-order chi connectivity index (χ1) is 13.0. The van der Waals surface area contributed by atoms with E-state index in [0.29, 0.717) is 5.69 Å². The molecule has 0 aliphatic carbocycles. The van der Waals surface area contributed by atoms with Gasteiger partial charge in [-0.3, -0.25) is 0 Å². The van der Waals surface area contributed by atoms with Gasteiger partial charge >= 0.3 is 11.9 Å². The lowest BCUT2D eigenvalue weighted by Crippen LogP contribution is -2.15. The van der Waals surface area contributed by atoms with Crippen LogP contribution in [0.1, 0.15) is 20.8 Å². The van der Waals surface area contributed by atoms with Crippen molar-refractivity contribution < 1.29 is 28.6 Å². The van der Waals surface area contributed by atoms with Crippen LogP contribution in [0, 0.1) is 5.82 Å². The zero-order chi connectivity index (χ0) is 19.6. The maximum absolute atomic E-state index is 14.4. The van der Waals surface area contributed by atoms with E-state index < -0.39 is 17.8 Å². The highest BCUT2D eigenvalue weighted by atomic mass is 19.1. The number of carbonyl (C=O) groups excluding carboxylic acids is 2. The van der Waals surface area contributed by atoms with E-state index in [-0.39, 0.29) is 28.3 Å². The van der Waals surface area contributed by atoms with Crippen LogP contribution in [0.25, 0.3) is 16.9 Å². The highest BCUT2D eigenvalue weighted by Gasteiger charge is 2.32. The first kappa shape index (κ1) is 18.1. The summed E-state index contributed by atoms with van der Waals surface area (Å²) in [5.74, 6) is -2.81. The first-order valence-electron chi connectivity index (χ1n) is 7.82. The van der Waals surface area contributed by atoms with Crippen molar-refractivity contribution in [1.29, 1.82) is 0 Å². The van der Waals surface area contributed by atoms with Crippen molar-refractivity contribution in [1.82, 2.24) is 9.78 Å². The minimum Gasteiger partial charge on any atom is -0.508 e. The predicted octanol–water partition coefficient (Wildman–Crippen LogP) is 2.96. The molecule has 3 rings (SSSR count). The Balaban J connectivity index is 2.38. The van der Waals surface area contributed by atoms with Gasteiger partial charge in [0.1, 0.15) is 22.8 Å². The number of hydrogen-bond acceptors (Lipinski definition) is 6. The molecule has 0 saturated heterocycles. The molecule has 0 aliphatic rings. The summed E-state index contributed by atoms with van der Waals surface area (Å²) in [7, 11) is 2.30. The highest BCUT2D eigenvalue weighted by molar-refractivity contribution is 6.06. The molecule has 0 saturated carbocycles. The van der Waals surface area contributed by atoms with Crippen molar-refractivity contribution in [2.24, 2.45) is 0 Å². The Kier molecular flexibility index (Phi) is 4.89. The second kappa shape index (κ2) is 7.28. The molecule has 0 fully saturated rings. The van der Waals surface area contributed by atoms with Gasteiger partial charge in [0, 0.05) is 11.6 Å². The van der Waals surface area contributed by atoms with Gasteiger partial charge in [-0.1, -0.05) is 18.2 Å². The molecule has 0 unspecified atom stereocenters. The van der Waals surface area contributed by atoms with Crippen LogP contribution >= 0.6 is 0 Å². The van der Waals surface area contributed by atoms with Crippen LogP contribution in [-0.2, 0) is 9.47 Å². The number of hydrogen-bond donors (Lipinski definition) is 1. The number of halogens is 1. The number of carbonyl (C=O) groups is 2. The van der Waals surface area contributed by atoms with Crippen LogP contribution in [0.4, 0.5) is 4.39 Å². The lowest BCUT2D eigenvalue weighted by Gasteiger charge is -2.07. The molecule has 138 valence electrons. The number of aromatic nitrogens is 2. The molecule has 3 aromatic rings. The quantitative estimate of drug-likeness (QED) is 0.710. The van der Waals surface area contributed by atoms with Crippen LogP contribution in [-0.4, -0.2) is 41.0 Å². The third kappa shape index (κ3) is 3.24. The molecule has 8 heteroatoms. The lowest BCUT2D eigenvalue weighted by molar-refractivity contribution is 0.0549. The Morgan fingerprint density at radius 3 is 2.30 bits per heavy atom. The molecule has 0 bridgehead atoms. The number of phenolic OH excluding ortho intramolecular Hbond substituents is 1. The minimum atomic E-state index is -0.875. The zero-order valence-corrected chi connectivity index (χ0v) is 14.5. The summed E-state index contributed by atoms with van der Waals surface area (Å²) in [5, 5.41) is 13.7. The molecule has 0 aliphatic heterocycles. The molecule has 27 heavy (non-hydrogen) atoms. The standard InChI is InChI=1S/C19H15FN2O5/c1-26-18(24)15-16(13-9-8-12(23)10-14(13)20)21-22(17(15)19(25)27-2)11-6-4-3-5-7-11/h3-10,23H,1-2H3. The summed E-state index contributed by atoms with van der Waals surface area (Å²) in [6, 6.07) is 11.9. The lowest BCUT2D eigenvalue weighted by atomic mass is 10.0. The number of phenols is 1. The highest BCUT2D eigenvalue weighted by Crippen LogP contribution is 2.32. The number of ether oxygens (including phenoxy) is 2. The number of aromatic hydroxyl groups is 1. The van der Waals surface area contributed by atoms with Gasteiger partial charge in [0.25, 0.3) is 0 Å². The van der Waals surface area contributed by atoms with Gasteiger partial charge in [-0.15, -0.1) is 0 Å². The smallest absolute Gasteiger partial charge is 0.357 e. The normalized spacial score (nSPS) is 10.5. The summed E-state index contributed by atoms with van der Waals surface area (Å²) in [5.41, 5.74) is -0.152. The predicted molar refractivity (Wildman–Crippen MR) is 93.3 cm³/mol. The van der Waals surface area contributed by atoms with Gasteiger partial charge in [-0.05, 0) is 24.3 Å². The molecular weight excluding hydrogens is 355 g/mol. The second-order valence-electron chi connectivity index (χ2n) is 5.47. The van der Waals surface area contributed by atoms with Crippen molar-refractivity contribution >= 4 is 11.9 Å². The Hall–Kier alpha value is -3.68. The number of methoxy groups -OCH3 is 2. The van der Waals surface area contributed by atoms with Crippen molar-refractivity contribution in [3.05, 3.63) is 65.6 Å². The van der Waals surface area contributed by atoms with Crippen LogP contribution in [0.15, 0.2) is 48.5 Å². The molecule has 0 amide bonds. The minimum absolute atomic E-state index is 0.0759. The van der Waals surface area contributed by atoms with Crippen LogP contribution in [0.3, 0.4) is 0 Å². The van der Waals surface area contributed by atoms with Gasteiger partial charge < -0.3 is 14.6 Å². The van der Waals surface area contributed by atoms with E-state index in [1.807, 2.05) is 0 Å². The van der Waals surface area contributed by atoms with E-state index in [1.54, 1.807) is 30.3 Å². The summed E-state index contributed by atoms with van der Waals surface area (Å²) in [4.78, 5) is 24.8. The van der Waals surface area contributed by atoms with E-state index in [4.69, 9.17) is 9.47 Å². The fourth-order valence-electron chi connectivity index (χ4n) is 2.64. The summed E-state index contributed by atoms with van der Waals surface area (Å²) >= 11 is 0. The summed E-state index contributed by atoms with van der Waals surface area (Å²) < 4.78 is 25.2. The van der Waals surface area contributed by atoms with Gasteiger partial charge in [-0.25, -0.2) is 18.7 Å². The fraction of sp³-hybridized carbons (Fsp3) is 0.105. The third-order valence-electron chi connectivity index (χ3n) is 3.86. The van der Waals surface area contributed by atoms with Crippen molar-refractivity contribution in [3.63, 3.8) is 0 Å². The first-order valence-corrected chi connectivity index (χ1v) is 7.82. The molecule has 0 atom stereocenters. The second-order valence-corrected chi connectivity index (χ2v) is 5.47. The topological polar surface area (TPSA) is 90.6 Å². The molecule has 2 aromatic carbocycles. The van der Waals surface area contributed by atoms with E-state index in [9.17, 15) is 19.1 Å². The number of esters is 2. The molecule has 1 N–H and O–H groups in total. The number of benzene rings is 2. The van der Waals surface area contributed by atoms with Crippen molar-refractivity contribution in [2.45, 2.75) is 0 Å². The maximum Gasteiger partial charge on any atom is 0.357 e. The van der Waals surface area contributed by atoms with Crippen molar-refractivity contribution in [3.8, 4) is 22.7 Å². The number of para-hydroxylation sites is 1. The van der Waals surface area contributed by atoms with Gasteiger partial charge in [-0.2, -0.15) is 5.10 Å². The maximum atomic E-state index is 14.4. The monoisotopic (exact) mass is 370 g/mol. The fourth-order valence-corrected chi connectivity index (χ4v) is 2.64. The van der Waals surface area contributed by atoms with Crippen LogP contribution < -0.4 is 0 Å². The number of rotatable bonds is 4. The molecule has 1 heterocycles. The summed E-state index contributed by atoms with van der Waals surface area (Å²) in [6.07, 6.45) is 0. The van der Waals surface area contributed by atoms with Gasteiger partial charge in [0.2, 0.25) is 0 Å². The van der Waals surface area contributed by atoms with E-state index in [0.717, 1.165) is 20.3 Å². The average Bonchev–Trinajstić information content (AvgIpc) is 3.07. The zero-order valence-electron chi connectivity index (χ0n) is 14.5. The largest absolute Gasteiger partial charge is 0.508 e. The molecule has 0 spiro atoms. The Morgan fingerprint density at radius 2 is 1.70 bits per heavy atom. The van der Waals surface area contributed by atoms with E-state index in [2.05, 4.69) is 5.10 Å². The van der Waals surface area contributed by atoms with Crippen molar-refractivity contribution in [2.75, 3.05) is 14.2 Å². The number of nitrogens with zero attached hydrogens (tertiary/aromatic N) is 2. The molecule has 1 aromatic heterocycles. The Labute approximate surface area is 153 Å². The molecular formula is C19H15FN2O5. The SMILES string of the molecule is COC(=O)c1c(-c2ccc(O)cc2F)nn(-c2ccccc2)c1C(=O)OC. The Morgan fingerprint density at radius 1 is 1.04 bits per heavy atom. The van der Waals surface area contributed by atoms with E-state index in [1.165, 1.54) is 16.8 Å². The van der Waals surface area contributed by atoms with Gasteiger partial charge in [0.05, 0.1) is 19.9 Å². The Bertz CT molecular complexity index is 1010. The van der Waals surface area contributed by atoms with Gasteiger partial charge in [0.15, 0.2) is 5.69 Å². The summed E-state index contributed by atoms with van der Waals surface area (Å²) in [6.45, 7) is 0.